The number of hydrogen-bond acceptors (Lipinski definition) is 5. The summed E-state index contributed by atoms with van der Waals surface area (Å²) in [5, 5.41) is 17.6. The summed E-state index contributed by atoms with van der Waals surface area (Å²) in [6.45, 7) is 1.48. The van der Waals surface area contributed by atoms with Crippen LogP contribution in [0, 0.1) is 0 Å². The number of allylic oxidation sites excluding steroid dienone is 4. The molecule has 0 bridgehead atoms. The van der Waals surface area contributed by atoms with Gasteiger partial charge in [0.1, 0.15) is 0 Å². The summed E-state index contributed by atoms with van der Waals surface area (Å²) in [6, 6.07) is 0. The van der Waals surface area contributed by atoms with E-state index in [1.165, 1.54) is 25.7 Å². The molecule has 0 rings (SSSR count). The van der Waals surface area contributed by atoms with E-state index in [2.05, 4.69) is 36.0 Å². The smallest absolute Gasteiger partial charge is 0.345 e. The lowest BCUT2D eigenvalue weighted by molar-refractivity contribution is -0.167. The van der Waals surface area contributed by atoms with Crippen molar-refractivity contribution in [3.05, 3.63) is 24.3 Å². The number of aliphatic hydroxyl groups excluding tert-OH is 2. The fourth-order valence-corrected chi connectivity index (χ4v) is 2.39. The Morgan fingerprint density at radius 3 is 2.08 bits per heavy atom. The summed E-state index contributed by atoms with van der Waals surface area (Å²) in [6.07, 6.45) is 19.5. The number of unbranched alkanes of at least 4 members (excludes halogenated alkanes) is 8. The van der Waals surface area contributed by atoms with Gasteiger partial charge in [-0.2, -0.15) is 0 Å². The molecule has 0 amide bonds. The molecular weight excluding hydrogens is 332 g/mol. The topological polar surface area (TPSA) is 83.8 Å². The average Bonchev–Trinajstić information content (AvgIpc) is 2.64. The van der Waals surface area contributed by atoms with Crippen LogP contribution in [-0.2, 0) is 14.3 Å². The maximum atomic E-state index is 11.4. The molecule has 0 fully saturated rings. The molecule has 0 aliphatic heterocycles. The average molecular weight is 369 g/mol. The van der Waals surface area contributed by atoms with E-state index in [1.54, 1.807) is 0 Å². The van der Waals surface area contributed by atoms with E-state index in [9.17, 15) is 9.59 Å². The second kappa shape index (κ2) is 18.3. The maximum absolute atomic E-state index is 11.4. The first-order valence-electron chi connectivity index (χ1n) is 9.95. The fourth-order valence-electron chi connectivity index (χ4n) is 2.39. The van der Waals surface area contributed by atoms with Crippen molar-refractivity contribution in [2.75, 3.05) is 6.61 Å². The molecule has 0 aromatic rings. The Balaban J connectivity index is 3.41. The second-order valence-electron chi connectivity index (χ2n) is 6.47. The minimum atomic E-state index is -1.64. The summed E-state index contributed by atoms with van der Waals surface area (Å²) in [7, 11) is 0. The lowest BCUT2D eigenvalue weighted by Crippen LogP contribution is -2.28. The number of hydrogen-bond donors (Lipinski definition) is 2. The van der Waals surface area contributed by atoms with Crippen LogP contribution in [0.4, 0.5) is 0 Å². The molecule has 0 saturated carbocycles. The highest BCUT2D eigenvalue weighted by Gasteiger charge is 2.18. The van der Waals surface area contributed by atoms with E-state index in [0.29, 0.717) is 6.42 Å². The number of rotatable bonds is 16. The van der Waals surface area contributed by atoms with Crippen LogP contribution in [0.2, 0.25) is 0 Å². The van der Waals surface area contributed by atoms with Crippen molar-refractivity contribution in [2.45, 2.75) is 90.1 Å². The minimum absolute atomic E-state index is 0.161. The van der Waals surface area contributed by atoms with Crippen molar-refractivity contribution in [3.63, 3.8) is 0 Å². The first kappa shape index (κ1) is 24.5. The molecule has 0 aliphatic carbocycles. The molecule has 5 heteroatoms. The molecule has 0 spiro atoms. The Kier molecular flexibility index (Phi) is 17.3. The monoisotopic (exact) mass is 368 g/mol. The number of ether oxygens (including phenoxy) is 1. The maximum Gasteiger partial charge on any atom is 0.345 e. The Morgan fingerprint density at radius 2 is 1.46 bits per heavy atom. The van der Waals surface area contributed by atoms with Gasteiger partial charge in [-0.05, 0) is 38.5 Å². The third-order valence-electron chi connectivity index (χ3n) is 3.99. The molecule has 0 radical (unpaired) electrons. The summed E-state index contributed by atoms with van der Waals surface area (Å²) in [5.41, 5.74) is 0. The van der Waals surface area contributed by atoms with Crippen LogP contribution >= 0.6 is 0 Å². The number of esters is 2. The zero-order valence-corrected chi connectivity index (χ0v) is 16.2. The van der Waals surface area contributed by atoms with Gasteiger partial charge in [0, 0.05) is 6.42 Å². The van der Waals surface area contributed by atoms with Crippen LogP contribution in [0.15, 0.2) is 24.3 Å². The van der Waals surface area contributed by atoms with Crippen molar-refractivity contribution in [1.82, 2.24) is 0 Å². The summed E-state index contributed by atoms with van der Waals surface area (Å²) < 4.78 is 4.42. The van der Waals surface area contributed by atoms with Gasteiger partial charge in [-0.1, -0.05) is 63.3 Å². The molecule has 0 heterocycles. The van der Waals surface area contributed by atoms with Gasteiger partial charge in [0.25, 0.3) is 0 Å². The van der Waals surface area contributed by atoms with E-state index in [0.717, 1.165) is 38.5 Å². The zero-order chi connectivity index (χ0) is 19.5. The molecule has 1 atom stereocenters. The Morgan fingerprint density at radius 1 is 0.885 bits per heavy atom. The predicted octanol–water partition coefficient (Wildman–Crippen LogP) is 4.22. The lowest BCUT2D eigenvalue weighted by atomic mass is 10.1. The van der Waals surface area contributed by atoms with Crippen LogP contribution in [0.3, 0.4) is 0 Å². The summed E-state index contributed by atoms with van der Waals surface area (Å²) in [5.74, 6) is -1.73. The van der Waals surface area contributed by atoms with Gasteiger partial charge < -0.3 is 14.9 Å². The van der Waals surface area contributed by atoms with Crippen molar-refractivity contribution in [1.29, 1.82) is 0 Å². The summed E-state index contributed by atoms with van der Waals surface area (Å²) >= 11 is 0. The van der Waals surface area contributed by atoms with Crippen LogP contribution in [-0.4, -0.2) is 34.9 Å². The van der Waals surface area contributed by atoms with Crippen molar-refractivity contribution >= 4 is 11.9 Å². The third-order valence-corrected chi connectivity index (χ3v) is 3.99. The van der Waals surface area contributed by atoms with Gasteiger partial charge in [-0.3, -0.25) is 4.79 Å². The van der Waals surface area contributed by atoms with Crippen molar-refractivity contribution in [3.8, 4) is 0 Å². The normalized spacial score (nSPS) is 12.7. The molecule has 150 valence electrons. The molecule has 0 aromatic carbocycles. The fraction of sp³-hybridized carbons (Fsp3) is 0.714. The van der Waals surface area contributed by atoms with Gasteiger partial charge in [0.2, 0.25) is 0 Å². The highest BCUT2D eigenvalue weighted by Crippen LogP contribution is 2.09. The van der Waals surface area contributed by atoms with E-state index in [-0.39, 0.29) is 6.42 Å². The Labute approximate surface area is 158 Å². The zero-order valence-electron chi connectivity index (χ0n) is 16.2. The number of aliphatic hydroxyl groups is 2. The molecule has 5 nitrogen and oxygen atoms in total. The van der Waals surface area contributed by atoms with E-state index in [1.807, 2.05) is 0 Å². The SMILES string of the molecule is CCCCC/C=C\C/C=C/CCCCCCCC(=O)OC(=O)C(O)CO. The highest BCUT2D eigenvalue weighted by atomic mass is 16.6. The van der Waals surface area contributed by atoms with E-state index in [4.69, 9.17) is 10.2 Å². The molecular formula is C21H36O5. The first-order valence-corrected chi connectivity index (χ1v) is 9.95. The van der Waals surface area contributed by atoms with Crippen LogP contribution in [0.1, 0.15) is 84.0 Å². The van der Waals surface area contributed by atoms with Gasteiger partial charge >= 0.3 is 11.9 Å². The molecule has 0 aliphatic rings. The van der Waals surface area contributed by atoms with E-state index < -0.39 is 24.6 Å². The van der Waals surface area contributed by atoms with E-state index >= 15 is 0 Å². The predicted molar refractivity (Wildman–Crippen MR) is 104 cm³/mol. The lowest BCUT2D eigenvalue weighted by Gasteiger charge is -2.06. The van der Waals surface area contributed by atoms with Gasteiger partial charge in [0.05, 0.1) is 6.61 Å². The third kappa shape index (κ3) is 16.0. The number of carbonyl (C=O) groups excluding carboxylic acids is 2. The van der Waals surface area contributed by atoms with Crippen LogP contribution < -0.4 is 0 Å². The standard InChI is InChI=1S/C21H36O5/c1-2-3-4-5-6-7-8-9-10-11-12-13-14-15-16-17-20(24)26-21(25)19(23)18-22/h6-7,9-10,19,22-23H,2-5,8,11-18H2,1H3/b7-6-,10-9+. The Bertz CT molecular complexity index is 415. The summed E-state index contributed by atoms with van der Waals surface area (Å²) in [4.78, 5) is 22.4. The minimum Gasteiger partial charge on any atom is -0.393 e. The Hall–Kier alpha value is -1.46. The van der Waals surface area contributed by atoms with Gasteiger partial charge in [-0.15, -0.1) is 0 Å². The van der Waals surface area contributed by atoms with Crippen LogP contribution in [0.5, 0.6) is 0 Å². The van der Waals surface area contributed by atoms with Gasteiger partial charge in [0.15, 0.2) is 6.10 Å². The second-order valence-corrected chi connectivity index (χ2v) is 6.47. The highest BCUT2D eigenvalue weighted by molar-refractivity contribution is 5.87. The van der Waals surface area contributed by atoms with Crippen molar-refractivity contribution < 1.29 is 24.5 Å². The molecule has 0 saturated heterocycles. The number of carbonyl (C=O) groups is 2. The first-order chi connectivity index (χ1) is 12.6. The van der Waals surface area contributed by atoms with Crippen LogP contribution in [0.25, 0.3) is 0 Å². The van der Waals surface area contributed by atoms with Gasteiger partial charge in [-0.25, -0.2) is 4.79 Å². The van der Waals surface area contributed by atoms with Crippen molar-refractivity contribution in [2.24, 2.45) is 0 Å². The molecule has 0 aromatic heterocycles. The quantitative estimate of drug-likeness (QED) is 0.184. The molecule has 26 heavy (non-hydrogen) atoms. The largest absolute Gasteiger partial charge is 0.393 e. The molecule has 1 unspecified atom stereocenters. The molecule has 2 N–H and O–H groups in total.